The molecular formula is C18H23N3O2. The summed E-state index contributed by atoms with van der Waals surface area (Å²) < 4.78 is 0. The molecule has 3 rings (SSSR count). The maximum atomic E-state index is 12.4. The second kappa shape index (κ2) is 6.69. The summed E-state index contributed by atoms with van der Waals surface area (Å²) in [5, 5.41) is 22.1. The lowest BCUT2D eigenvalue weighted by Crippen LogP contribution is -2.50. The SMILES string of the molecule is N#CC1(NC(=O)CN2CCc3ccccc3C2CO)CCCC1. The number of aliphatic hydroxyl groups is 1. The van der Waals surface area contributed by atoms with E-state index in [0.29, 0.717) is 0 Å². The third-order valence-corrected chi connectivity index (χ3v) is 5.09. The molecule has 1 aliphatic heterocycles. The molecule has 1 heterocycles. The first-order chi connectivity index (χ1) is 11.2. The third kappa shape index (κ3) is 3.24. The molecule has 1 fully saturated rings. The fourth-order valence-electron chi connectivity index (χ4n) is 3.84. The normalized spacial score (nSPS) is 23.0. The standard InChI is InChI=1S/C18H23N3O2/c19-13-18(8-3-4-9-18)20-17(23)11-21-10-7-14-5-1-2-6-15(14)16(21)12-22/h1-2,5-6,16,22H,3-4,7-12H2,(H,20,23). The smallest absolute Gasteiger partial charge is 0.235 e. The molecule has 1 aromatic carbocycles. The number of hydrogen-bond donors (Lipinski definition) is 2. The van der Waals surface area contributed by atoms with Crippen LogP contribution >= 0.6 is 0 Å². The van der Waals surface area contributed by atoms with Crippen LogP contribution in [-0.2, 0) is 11.2 Å². The van der Waals surface area contributed by atoms with E-state index in [1.807, 2.05) is 23.1 Å². The zero-order chi connectivity index (χ0) is 16.3. The maximum absolute atomic E-state index is 12.4. The van der Waals surface area contributed by atoms with Gasteiger partial charge in [0.15, 0.2) is 0 Å². The van der Waals surface area contributed by atoms with Gasteiger partial charge in [0.25, 0.3) is 0 Å². The van der Waals surface area contributed by atoms with Crippen LogP contribution in [0.15, 0.2) is 24.3 Å². The van der Waals surface area contributed by atoms with Crippen LogP contribution in [0.25, 0.3) is 0 Å². The van der Waals surface area contributed by atoms with E-state index in [1.54, 1.807) is 0 Å². The van der Waals surface area contributed by atoms with E-state index in [1.165, 1.54) is 5.56 Å². The lowest BCUT2D eigenvalue weighted by molar-refractivity contribution is -0.124. The summed E-state index contributed by atoms with van der Waals surface area (Å²) in [6, 6.07) is 10.2. The van der Waals surface area contributed by atoms with Crippen LogP contribution in [0.4, 0.5) is 0 Å². The van der Waals surface area contributed by atoms with Gasteiger partial charge in [-0.2, -0.15) is 5.26 Å². The summed E-state index contributed by atoms with van der Waals surface area (Å²) >= 11 is 0. The van der Waals surface area contributed by atoms with Gasteiger partial charge in [0.05, 0.1) is 25.3 Å². The number of amides is 1. The Morgan fingerprint density at radius 3 is 2.83 bits per heavy atom. The highest BCUT2D eigenvalue weighted by molar-refractivity contribution is 5.79. The highest BCUT2D eigenvalue weighted by Gasteiger charge is 2.36. The van der Waals surface area contributed by atoms with Crippen molar-refractivity contribution in [2.24, 2.45) is 0 Å². The number of aliphatic hydroxyl groups excluding tert-OH is 1. The van der Waals surface area contributed by atoms with E-state index < -0.39 is 5.54 Å². The van der Waals surface area contributed by atoms with Gasteiger partial charge in [-0.1, -0.05) is 24.3 Å². The Kier molecular flexibility index (Phi) is 4.65. The van der Waals surface area contributed by atoms with Crippen molar-refractivity contribution in [1.29, 1.82) is 5.26 Å². The molecule has 0 radical (unpaired) electrons. The van der Waals surface area contributed by atoms with Gasteiger partial charge in [0, 0.05) is 6.54 Å². The molecule has 1 saturated carbocycles. The predicted octanol–water partition coefficient (Wildman–Crippen LogP) is 1.53. The Labute approximate surface area is 136 Å². The van der Waals surface area contributed by atoms with Gasteiger partial charge in [-0.05, 0) is 43.2 Å². The Bertz CT molecular complexity index is 617. The summed E-state index contributed by atoms with van der Waals surface area (Å²) in [5.74, 6) is -0.119. The molecule has 5 heteroatoms. The highest BCUT2D eigenvalue weighted by atomic mass is 16.3. The first-order valence-electron chi connectivity index (χ1n) is 8.32. The molecule has 2 aliphatic rings. The number of fused-ring (bicyclic) bond motifs is 1. The predicted molar refractivity (Wildman–Crippen MR) is 86.5 cm³/mol. The quantitative estimate of drug-likeness (QED) is 0.884. The number of rotatable bonds is 4. The summed E-state index contributed by atoms with van der Waals surface area (Å²) in [4.78, 5) is 14.4. The van der Waals surface area contributed by atoms with Crippen LogP contribution in [0.5, 0.6) is 0 Å². The molecule has 1 unspecified atom stereocenters. The Morgan fingerprint density at radius 1 is 1.39 bits per heavy atom. The van der Waals surface area contributed by atoms with E-state index in [4.69, 9.17) is 0 Å². The van der Waals surface area contributed by atoms with Crippen molar-refractivity contribution in [3.63, 3.8) is 0 Å². The minimum atomic E-state index is -0.681. The van der Waals surface area contributed by atoms with Crippen LogP contribution in [0.3, 0.4) is 0 Å². The van der Waals surface area contributed by atoms with Crippen LogP contribution in [0.2, 0.25) is 0 Å². The van der Waals surface area contributed by atoms with Gasteiger partial charge in [-0.15, -0.1) is 0 Å². The van der Waals surface area contributed by atoms with Crippen LogP contribution in [-0.4, -0.2) is 41.1 Å². The Morgan fingerprint density at radius 2 is 2.13 bits per heavy atom. The number of nitrogens with zero attached hydrogens (tertiary/aromatic N) is 2. The Balaban J connectivity index is 1.68. The van der Waals surface area contributed by atoms with Gasteiger partial charge in [0.1, 0.15) is 5.54 Å². The number of nitriles is 1. The molecule has 1 aliphatic carbocycles. The minimum absolute atomic E-state index is 0.00626. The van der Waals surface area contributed by atoms with Crippen molar-refractivity contribution in [1.82, 2.24) is 10.2 Å². The fourth-order valence-corrected chi connectivity index (χ4v) is 3.84. The molecule has 0 spiro atoms. The number of hydrogen-bond acceptors (Lipinski definition) is 4. The monoisotopic (exact) mass is 313 g/mol. The van der Waals surface area contributed by atoms with Crippen molar-refractivity contribution in [2.45, 2.75) is 43.7 Å². The number of benzene rings is 1. The van der Waals surface area contributed by atoms with Crippen molar-refractivity contribution in [3.8, 4) is 6.07 Å². The van der Waals surface area contributed by atoms with Gasteiger partial charge in [-0.25, -0.2) is 0 Å². The number of nitrogens with one attached hydrogen (secondary N) is 1. The first-order valence-corrected chi connectivity index (χ1v) is 8.32. The second-order valence-corrected chi connectivity index (χ2v) is 6.57. The molecule has 1 aromatic rings. The zero-order valence-electron chi connectivity index (χ0n) is 13.3. The molecule has 23 heavy (non-hydrogen) atoms. The number of carbonyl (C=O) groups excluding carboxylic acids is 1. The van der Waals surface area contributed by atoms with E-state index in [-0.39, 0.29) is 25.1 Å². The molecule has 0 saturated heterocycles. The average Bonchev–Trinajstić information content (AvgIpc) is 3.03. The molecule has 0 aromatic heterocycles. The highest BCUT2D eigenvalue weighted by Crippen LogP contribution is 2.30. The van der Waals surface area contributed by atoms with E-state index in [9.17, 15) is 15.2 Å². The zero-order valence-corrected chi connectivity index (χ0v) is 13.3. The average molecular weight is 313 g/mol. The molecule has 122 valence electrons. The van der Waals surface area contributed by atoms with E-state index in [0.717, 1.165) is 44.2 Å². The lowest BCUT2D eigenvalue weighted by Gasteiger charge is -2.36. The van der Waals surface area contributed by atoms with Crippen LogP contribution in [0.1, 0.15) is 42.9 Å². The minimum Gasteiger partial charge on any atom is -0.394 e. The Hall–Kier alpha value is -1.90. The van der Waals surface area contributed by atoms with Crippen LogP contribution < -0.4 is 5.32 Å². The summed E-state index contributed by atoms with van der Waals surface area (Å²) in [6.45, 7) is 0.964. The lowest BCUT2D eigenvalue weighted by atomic mass is 9.93. The van der Waals surface area contributed by atoms with Gasteiger partial charge >= 0.3 is 0 Å². The maximum Gasteiger partial charge on any atom is 0.235 e. The van der Waals surface area contributed by atoms with E-state index >= 15 is 0 Å². The molecule has 1 amide bonds. The van der Waals surface area contributed by atoms with Gasteiger partial charge < -0.3 is 10.4 Å². The van der Waals surface area contributed by atoms with Crippen molar-refractivity contribution in [3.05, 3.63) is 35.4 Å². The largest absolute Gasteiger partial charge is 0.394 e. The molecule has 1 atom stereocenters. The summed E-state index contributed by atoms with van der Waals surface area (Å²) in [5.41, 5.74) is 1.66. The van der Waals surface area contributed by atoms with Gasteiger partial charge in [0.2, 0.25) is 5.91 Å². The second-order valence-electron chi connectivity index (χ2n) is 6.57. The summed E-state index contributed by atoms with van der Waals surface area (Å²) in [6.07, 6.45) is 4.33. The van der Waals surface area contributed by atoms with E-state index in [2.05, 4.69) is 17.5 Å². The molecule has 5 nitrogen and oxygen atoms in total. The topological polar surface area (TPSA) is 76.4 Å². The third-order valence-electron chi connectivity index (χ3n) is 5.09. The van der Waals surface area contributed by atoms with Crippen molar-refractivity contribution >= 4 is 5.91 Å². The van der Waals surface area contributed by atoms with Crippen molar-refractivity contribution < 1.29 is 9.90 Å². The van der Waals surface area contributed by atoms with Gasteiger partial charge in [-0.3, -0.25) is 9.69 Å². The molecule has 0 bridgehead atoms. The molecular weight excluding hydrogens is 290 g/mol. The van der Waals surface area contributed by atoms with Crippen LogP contribution in [0, 0.1) is 11.3 Å². The first kappa shape index (κ1) is 16.0. The van der Waals surface area contributed by atoms with Crippen molar-refractivity contribution in [2.75, 3.05) is 19.7 Å². The fraction of sp³-hybridized carbons (Fsp3) is 0.556. The number of carbonyl (C=O) groups is 1. The summed E-state index contributed by atoms with van der Waals surface area (Å²) in [7, 11) is 0. The molecule has 2 N–H and O–H groups in total.